The van der Waals surface area contributed by atoms with Crippen LogP contribution in [0, 0.1) is 13.8 Å². The standard InChI is InChI=1S/C16H22N6O/c1-5-13-14-15(20(4)19-13)16(23)21(10-17-14)7-6-8-22-12(3)9-11(2)18-22/h9-10H,5-8H2,1-4H3. The summed E-state index contributed by atoms with van der Waals surface area (Å²) in [5.74, 6) is 0. The second kappa shape index (κ2) is 5.98. The van der Waals surface area contributed by atoms with E-state index in [4.69, 9.17) is 0 Å². The second-order valence-electron chi connectivity index (χ2n) is 5.87. The molecule has 7 nitrogen and oxygen atoms in total. The van der Waals surface area contributed by atoms with Crippen molar-refractivity contribution in [1.82, 2.24) is 29.1 Å². The fraction of sp³-hybridized carbons (Fsp3) is 0.500. The summed E-state index contributed by atoms with van der Waals surface area (Å²) >= 11 is 0. The summed E-state index contributed by atoms with van der Waals surface area (Å²) in [6.07, 6.45) is 3.23. The summed E-state index contributed by atoms with van der Waals surface area (Å²) in [4.78, 5) is 17.1. The van der Waals surface area contributed by atoms with Gasteiger partial charge < -0.3 is 0 Å². The lowest BCUT2D eigenvalue weighted by molar-refractivity contribution is 0.507. The lowest BCUT2D eigenvalue weighted by Gasteiger charge is -2.07. The molecule has 3 heterocycles. The summed E-state index contributed by atoms with van der Waals surface area (Å²) in [5, 5.41) is 8.82. The maximum Gasteiger partial charge on any atom is 0.279 e. The first-order valence-corrected chi connectivity index (χ1v) is 7.93. The molecule has 0 bridgehead atoms. The number of aryl methyl sites for hydroxylation is 6. The first-order valence-electron chi connectivity index (χ1n) is 7.93. The molecule has 0 aliphatic rings. The molecule has 0 aliphatic heterocycles. The van der Waals surface area contributed by atoms with Crippen molar-refractivity contribution in [2.24, 2.45) is 7.05 Å². The fourth-order valence-corrected chi connectivity index (χ4v) is 2.95. The van der Waals surface area contributed by atoms with Crippen molar-refractivity contribution >= 4 is 11.0 Å². The summed E-state index contributed by atoms with van der Waals surface area (Å²) in [6, 6.07) is 2.06. The third-order valence-corrected chi connectivity index (χ3v) is 4.09. The molecule has 7 heteroatoms. The van der Waals surface area contributed by atoms with Gasteiger partial charge in [-0.2, -0.15) is 10.2 Å². The van der Waals surface area contributed by atoms with E-state index < -0.39 is 0 Å². The van der Waals surface area contributed by atoms with Crippen molar-refractivity contribution in [2.45, 2.75) is 46.7 Å². The highest BCUT2D eigenvalue weighted by Gasteiger charge is 2.13. The van der Waals surface area contributed by atoms with E-state index >= 15 is 0 Å². The first-order chi connectivity index (χ1) is 11.0. The summed E-state index contributed by atoms with van der Waals surface area (Å²) < 4.78 is 5.28. The normalized spacial score (nSPS) is 11.5. The zero-order chi connectivity index (χ0) is 16.6. The molecule has 122 valence electrons. The summed E-state index contributed by atoms with van der Waals surface area (Å²) in [7, 11) is 1.80. The number of hydrogen-bond donors (Lipinski definition) is 0. The van der Waals surface area contributed by atoms with Crippen LogP contribution in [0.2, 0.25) is 0 Å². The maximum atomic E-state index is 12.6. The van der Waals surface area contributed by atoms with Gasteiger partial charge in [-0.3, -0.25) is 18.7 Å². The van der Waals surface area contributed by atoms with Gasteiger partial charge in [0.05, 0.1) is 17.7 Å². The molecule has 3 rings (SSSR count). The SMILES string of the molecule is CCc1nn(C)c2c(=O)n(CCCn3nc(C)cc3C)cnc12. The summed E-state index contributed by atoms with van der Waals surface area (Å²) in [5.41, 5.74) is 4.30. The Hall–Kier alpha value is -2.44. The van der Waals surface area contributed by atoms with Gasteiger partial charge in [-0.25, -0.2) is 4.98 Å². The van der Waals surface area contributed by atoms with Gasteiger partial charge in [0.25, 0.3) is 5.56 Å². The highest BCUT2D eigenvalue weighted by Crippen LogP contribution is 2.12. The fourth-order valence-electron chi connectivity index (χ4n) is 2.95. The Kier molecular flexibility index (Phi) is 4.02. The molecule has 0 aromatic carbocycles. The van der Waals surface area contributed by atoms with E-state index in [1.165, 1.54) is 0 Å². The minimum absolute atomic E-state index is 0.0296. The van der Waals surface area contributed by atoms with Gasteiger partial charge in [0.2, 0.25) is 0 Å². The molecule has 0 amide bonds. The van der Waals surface area contributed by atoms with Gasteiger partial charge >= 0.3 is 0 Å². The van der Waals surface area contributed by atoms with E-state index in [-0.39, 0.29) is 5.56 Å². The summed E-state index contributed by atoms with van der Waals surface area (Å²) in [6.45, 7) is 7.45. The average molecular weight is 314 g/mol. The predicted octanol–water partition coefficient (Wildman–Crippen LogP) is 1.60. The Morgan fingerprint density at radius 1 is 1.17 bits per heavy atom. The zero-order valence-electron chi connectivity index (χ0n) is 14.1. The van der Waals surface area contributed by atoms with E-state index in [1.54, 1.807) is 22.6 Å². The Morgan fingerprint density at radius 2 is 1.96 bits per heavy atom. The van der Waals surface area contributed by atoms with Crippen LogP contribution in [0.4, 0.5) is 0 Å². The average Bonchev–Trinajstić information content (AvgIpc) is 3.01. The van der Waals surface area contributed by atoms with Crippen LogP contribution in [0.3, 0.4) is 0 Å². The number of nitrogens with zero attached hydrogens (tertiary/aromatic N) is 6. The van der Waals surface area contributed by atoms with Crippen LogP contribution in [0.15, 0.2) is 17.2 Å². The largest absolute Gasteiger partial charge is 0.297 e. The highest BCUT2D eigenvalue weighted by atomic mass is 16.1. The van der Waals surface area contributed by atoms with Crippen LogP contribution in [0.25, 0.3) is 11.0 Å². The van der Waals surface area contributed by atoms with Crippen molar-refractivity contribution in [2.75, 3.05) is 0 Å². The number of fused-ring (bicyclic) bond motifs is 1. The second-order valence-corrected chi connectivity index (χ2v) is 5.87. The zero-order valence-corrected chi connectivity index (χ0v) is 14.1. The first kappa shape index (κ1) is 15.5. The molecular formula is C16H22N6O. The third kappa shape index (κ3) is 2.78. The molecule has 0 atom stereocenters. The molecule has 0 radical (unpaired) electrons. The van der Waals surface area contributed by atoms with Gasteiger partial charge in [0.1, 0.15) is 5.52 Å². The van der Waals surface area contributed by atoms with Crippen LogP contribution < -0.4 is 5.56 Å². The predicted molar refractivity (Wildman–Crippen MR) is 88.5 cm³/mol. The van der Waals surface area contributed by atoms with Crippen LogP contribution in [-0.2, 0) is 26.6 Å². The minimum atomic E-state index is -0.0296. The Morgan fingerprint density at radius 3 is 2.61 bits per heavy atom. The van der Waals surface area contributed by atoms with E-state index in [0.29, 0.717) is 12.1 Å². The van der Waals surface area contributed by atoms with E-state index in [1.807, 2.05) is 25.5 Å². The Bertz CT molecular complexity index is 901. The molecule has 0 N–H and O–H groups in total. The molecule has 0 fully saturated rings. The monoisotopic (exact) mass is 314 g/mol. The molecule has 3 aromatic heterocycles. The van der Waals surface area contributed by atoms with E-state index in [0.717, 1.165) is 42.0 Å². The number of rotatable bonds is 5. The molecule has 0 unspecified atom stereocenters. The molecule has 23 heavy (non-hydrogen) atoms. The molecule has 0 aliphatic carbocycles. The molecule has 0 saturated carbocycles. The Labute approximate surface area is 134 Å². The van der Waals surface area contributed by atoms with E-state index in [2.05, 4.69) is 21.2 Å². The van der Waals surface area contributed by atoms with Crippen molar-refractivity contribution < 1.29 is 0 Å². The van der Waals surface area contributed by atoms with Gasteiger partial charge in [-0.15, -0.1) is 0 Å². The minimum Gasteiger partial charge on any atom is -0.297 e. The van der Waals surface area contributed by atoms with Crippen LogP contribution in [0.1, 0.15) is 30.4 Å². The van der Waals surface area contributed by atoms with Gasteiger partial charge in [0, 0.05) is 25.8 Å². The molecule has 3 aromatic rings. The smallest absolute Gasteiger partial charge is 0.279 e. The van der Waals surface area contributed by atoms with Gasteiger partial charge in [-0.1, -0.05) is 6.92 Å². The van der Waals surface area contributed by atoms with Crippen LogP contribution in [0.5, 0.6) is 0 Å². The quantitative estimate of drug-likeness (QED) is 0.717. The van der Waals surface area contributed by atoms with Gasteiger partial charge in [0.15, 0.2) is 5.52 Å². The van der Waals surface area contributed by atoms with Crippen molar-refractivity contribution in [3.05, 3.63) is 39.8 Å². The van der Waals surface area contributed by atoms with Crippen molar-refractivity contribution in [3.8, 4) is 0 Å². The molecule has 0 spiro atoms. The van der Waals surface area contributed by atoms with Crippen LogP contribution in [-0.4, -0.2) is 29.1 Å². The lowest BCUT2D eigenvalue weighted by Crippen LogP contribution is -2.23. The topological polar surface area (TPSA) is 70.5 Å². The van der Waals surface area contributed by atoms with Crippen molar-refractivity contribution in [3.63, 3.8) is 0 Å². The van der Waals surface area contributed by atoms with Crippen LogP contribution >= 0.6 is 0 Å². The lowest BCUT2D eigenvalue weighted by atomic mass is 10.3. The van der Waals surface area contributed by atoms with Crippen molar-refractivity contribution in [1.29, 1.82) is 0 Å². The molecule has 0 saturated heterocycles. The highest BCUT2D eigenvalue weighted by molar-refractivity contribution is 5.76. The number of aromatic nitrogens is 6. The maximum absolute atomic E-state index is 12.6. The van der Waals surface area contributed by atoms with Gasteiger partial charge in [-0.05, 0) is 32.8 Å². The number of hydrogen-bond acceptors (Lipinski definition) is 4. The molecular weight excluding hydrogens is 292 g/mol. The van der Waals surface area contributed by atoms with E-state index in [9.17, 15) is 4.79 Å². The Balaban J connectivity index is 1.81. The third-order valence-electron chi connectivity index (χ3n) is 4.09.